The number of hydrogen-bond donors (Lipinski definition) is 1. The summed E-state index contributed by atoms with van der Waals surface area (Å²) in [6.07, 6.45) is 0.509. The van der Waals surface area contributed by atoms with Gasteiger partial charge in [0.1, 0.15) is 12.4 Å². The molecule has 0 aliphatic heterocycles. The zero-order valence-electron chi connectivity index (χ0n) is 12.7. The van der Waals surface area contributed by atoms with Gasteiger partial charge in [-0.05, 0) is 36.6 Å². The topological polar surface area (TPSA) is 55.4 Å². The monoisotopic (exact) mass is 319 g/mol. The number of sulfonamides is 1. The van der Waals surface area contributed by atoms with Gasteiger partial charge in [0, 0.05) is 6.54 Å². The average Bonchev–Trinajstić information content (AvgIpc) is 2.51. The normalized spacial score (nSPS) is 11.3. The van der Waals surface area contributed by atoms with Gasteiger partial charge in [0.25, 0.3) is 0 Å². The number of rotatable bonds is 8. The Morgan fingerprint density at radius 1 is 1.05 bits per heavy atom. The van der Waals surface area contributed by atoms with E-state index in [0.717, 1.165) is 16.9 Å². The number of ether oxygens (including phenoxy) is 1. The zero-order chi connectivity index (χ0) is 15.8. The van der Waals surface area contributed by atoms with Crippen LogP contribution in [0.4, 0.5) is 0 Å². The second-order valence-corrected chi connectivity index (χ2v) is 7.04. The van der Waals surface area contributed by atoms with E-state index in [2.05, 4.69) is 4.72 Å². The van der Waals surface area contributed by atoms with Crippen molar-refractivity contribution in [2.24, 2.45) is 0 Å². The molecule has 22 heavy (non-hydrogen) atoms. The third-order valence-corrected chi connectivity index (χ3v) is 4.57. The highest BCUT2D eigenvalue weighted by molar-refractivity contribution is 7.89. The average molecular weight is 319 g/mol. The fraction of sp³-hybridized carbons (Fsp3) is 0.294. The lowest BCUT2D eigenvalue weighted by atomic mass is 10.2. The van der Waals surface area contributed by atoms with E-state index >= 15 is 0 Å². The van der Waals surface area contributed by atoms with Gasteiger partial charge in [-0.2, -0.15) is 0 Å². The van der Waals surface area contributed by atoms with Gasteiger partial charge in [0.2, 0.25) is 10.0 Å². The van der Waals surface area contributed by atoms with Crippen LogP contribution in [0.2, 0.25) is 0 Å². The van der Waals surface area contributed by atoms with Gasteiger partial charge in [0.05, 0.1) is 5.75 Å². The first-order valence-electron chi connectivity index (χ1n) is 7.26. The summed E-state index contributed by atoms with van der Waals surface area (Å²) in [4.78, 5) is 0. The molecule has 0 spiro atoms. The summed E-state index contributed by atoms with van der Waals surface area (Å²) < 4.78 is 31.9. The first kappa shape index (κ1) is 16.5. The van der Waals surface area contributed by atoms with E-state index in [9.17, 15) is 8.42 Å². The fourth-order valence-electron chi connectivity index (χ4n) is 2.04. The molecule has 0 heterocycles. The lowest BCUT2D eigenvalue weighted by Gasteiger charge is -2.09. The molecular weight excluding hydrogens is 298 g/mol. The molecule has 2 rings (SSSR count). The second-order valence-electron chi connectivity index (χ2n) is 5.11. The predicted octanol–water partition coefficient (Wildman–Crippen LogP) is 2.54. The molecule has 0 aliphatic carbocycles. The SMILES string of the molecule is Cc1cccc(OCCNS(=O)(=O)CCc2ccccc2)c1. The molecule has 2 aromatic rings. The van der Waals surface area contributed by atoms with Crippen molar-refractivity contribution in [3.63, 3.8) is 0 Å². The van der Waals surface area contributed by atoms with Gasteiger partial charge < -0.3 is 4.74 Å². The Labute approximate surface area is 132 Å². The Balaban J connectivity index is 1.71. The van der Waals surface area contributed by atoms with Crippen LogP contribution in [0.1, 0.15) is 11.1 Å². The van der Waals surface area contributed by atoms with Crippen LogP contribution in [-0.2, 0) is 16.4 Å². The minimum absolute atomic E-state index is 0.0848. The van der Waals surface area contributed by atoms with Crippen LogP contribution in [-0.4, -0.2) is 27.3 Å². The van der Waals surface area contributed by atoms with E-state index in [1.165, 1.54) is 0 Å². The van der Waals surface area contributed by atoms with Gasteiger partial charge >= 0.3 is 0 Å². The summed E-state index contributed by atoms with van der Waals surface area (Å²) in [5.74, 6) is 0.838. The molecule has 0 atom stereocenters. The number of hydrogen-bond acceptors (Lipinski definition) is 3. The molecule has 0 saturated heterocycles. The minimum atomic E-state index is -3.27. The van der Waals surface area contributed by atoms with Gasteiger partial charge in [-0.1, -0.05) is 42.5 Å². The van der Waals surface area contributed by atoms with Gasteiger partial charge in [-0.25, -0.2) is 13.1 Å². The fourth-order valence-corrected chi connectivity index (χ4v) is 3.08. The smallest absolute Gasteiger partial charge is 0.212 e. The van der Waals surface area contributed by atoms with Crippen molar-refractivity contribution in [2.75, 3.05) is 18.9 Å². The third-order valence-electron chi connectivity index (χ3n) is 3.18. The van der Waals surface area contributed by atoms with Crippen LogP contribution in [0, 0.1) is 6.92 Å². The largest absolute Gasteiger partial charge is 0.492 e. The van der Waals surface area contributed by atoms with Crippen LogP contribution in [0.3, 0.4) is 0 Å². The molecule has 1 N–H and O–H groups in total. The number of benzene rings is 2. The molecule has 0 saturated carbocycles. The summed E-state index contributed by atoms with van der Waals surface area (Å²) in [7, 11) is -3.27. The van der Waals surface area contributed by atoms with Crippen molar-refractivity contribution in [1.82, 2.24) is 4.72 Å². The maximum atomic E-state index is 11.9. The molecule has 0 aliphatic rings. The van der Waals surface area contributed by atoms with Gasteiger partial charge in [-0.3, -0.25) is 0 Å². The Morgan fingerprint density at radius 3 is 2.55 bits per heavy atom. The van der Waals surface area contributed by atoms with E-state index in [4.69, 9.17) is 4.74 Å². The Hall–Kier alpha value is -1.85. The van der Waals surface area contributed by atoms with Crippen LogP contribution in [0.25, 0.3) is 0 Å². The van der Waals surface area contributed by atoms with Crippen molar-refractivity contribution in [2.45, 2.75) is 13.3 Å². The summed E-state index contributed by atoms with van der Waals surface area (Å²) in [5, 5.41) is 0. The van der Waals surface area contributed by atoms with Gasteiger partial charge in [0.15, 0.2) is 0 Å². The Kier molecular flexibility index (Phi) is 5.98. The molecule has 0 aromatic heterocycles. The van der Waals surface area contributed by atoms with E-state index in [1.54, 1.807) is 0 Å². The molecule has 2 aromatic carbocycles. The van der Waals surface area contributed by atoms with E-state index in [1.807, 2.05) is 61.5 Å². The molecule has 0 unspecified atom stereocenters. The molecule has 4 nitrogen and oxygen atoms in total. The number of nitrogens with one attached hydrogen (secondary N) is 1. The predicted molar refractivity (Wildman–Crippen MR) is 88.6 cm³/mol. The van der Waals surface area contributed by atoms with Crippen molar-refractivity contribution in [3.05, 3.63) is 65.7 Å². The first-order chi connectivity index (χ1) is 10.6. The molecule has 0 radical (unpaired) electrons. The Bertz CT molecular complexity index is 684. The van der Waals surface area contributed by atoms with Crippen LogP contribution in [0.5, 0.6) is 5.75 Å². The second kappa shape index (κ2) is 7.96. The third kappa shape index (κ3) is 5.87. The highest BCUT2D eigenvalue weighted by Crippen LogP contribution is 2.11. The summed E-state index contributed by atoms with van der Waals surface area (Å²) in [6.45, 7) is 2.57. The molecule has 5 heteroatoms. The van der Waals surface area contributed by atoms with Crippen LogP contribution in [0.15, 0.2) is 54.6 Å². The van der Waals surface area contributed by atoms with E-state index in [-0.39, 0.29) is 12.3 Å². The number of aryl methyl sites for hydroxylation is 2. The minimum Gasteiger partial charge on any atom is -0.492 e. The summed E-state index contributed by atoms with van der Waals surface area (Å²) in [5.41, 5.74) is 2.13. The Morgan fingerprint density at radius 2 is 1.82 bits per heavy atom. The van der Waals surface area contributed by atoms with Gasteiger partial charge in [-0.15, -0.1) is 0 Å². The highest BCUT2D eigenvalue weighted by atomic mass is 32.2. The molecular formula is C17H21NO3S. The maximum absolute atomic E-state index is 11.9. The van der Waals surface area contributed by atoms with Crippen molar-refractivity contribution >= 4 is 10.0 Å². The van der Waals surface area contributed by atoms with Crippen molar-refractivity contribution < 1.29 is 13.2 Å². The molecule has 0 amide bonds. The lowest BCUT2D eigenvalue weighted by molar-refractivity contribution is 0.322. The van der Waals surface area contributed by atoms with Crippen LogP contribution < -0.4 is 9.46 Å². The van der Waals surface area contributed by atoms with E-state index in [0.29, 0.717) is 13.0 Å². The van der Waals surface area contributed by atoms with Crippen molar-refractivity contribution in [3.8, 4) is 5.75 Å². The molecule has 0 fully saturated rings. The zero-order valence-corrected chi connectivity index (χ0v) is 13.5. The van der Waals surface area contributed by atoms with Crippen molar-refractivity contribution in [1.29, 1.82) is 0 Å². The summed E-state index contributed by atoms with van der Waals surface area (Å²) >= 11 is 0. The van der Waals surface area contributed by atoms with Crippen LogP contribution >= 0.6 is 0 Å². The molecule has 0 bridgehead atoms. The maximum Gasteiger partial charge on any atom is 0.212 e. The summed E-state index contributed by atoms with van der Waals surface area (Å²) in [6, 6.07) is 17.3. The standard InChI is InChI=1S/C17H21NO3S/c1-15-6-5-9-17(14-15)21-12-11-18-22(19,20)13-10-16-7-3-2-4-8-16/h2-9,14,18H,10-13H2,1H3. The first-order valence-corrected chi connectivity index (χ1v) is 8.91. The molecule has 118 valence electrons. The quantitative estimate of drug-likeness (QED) is 0.761. The van der Waals surface area contributed by atoms with E-state index < -0.39 is 10.0 Å². The highest BCUT2D eigenvalue weighted by Gasteiger charge is 2.09. The lowest BCUT2D eigenvalue weighted by Crippen LogP contribution is -2.31.